The van der Waals surface area contributed by atoms with E-state index in [1.165, 1.54) is 11.1 Å². The summed E-state index contributed by atoms with van der Waals surface area (Å²) in [6, 6.07) is 11.4. The molecule has 0 unspecified atom stereocenters. The molecule has 2 aliphatic carbocycles. The van der Waals surface area contributed by atoms with Gasteiger partial charge in [0.05, 0.1) is 23.1 Å². The first-order valence-corrected chi connectivity index (χ1v) is 18.7. The number of amides is 1. The molecular weight excluding hydrogens is 620 g/mol. The Labute approximate surface area is 279 Å². The molecule has 7 atom stereocenters. The summed E-state index contributed by atoms with van der Waals surface area (Å²) in [5.41, 5.74) is 2.21. The Balaban J connectivity index is 1.47. The highest BCUT2D eigenvalue weighted by Gasteiger charge is 2.51. The van der Waals surface area contributed by atoms with Crippen LogP contribution in [0, 0.1) is 23.7 Å². The van der Waals surface area contributed by atoms with Crippen LogP contribution in [-0.2, 0) is 21.9 Å². The Bertz CT molecular complexity index is 1640. The largest absolute Gasteiger partial charge is 0.490 e. The van der Waals surface area contributed by atoms with E-state index in [-0.39, 0.29) is 28.7 Å². The molecule has 2 bridgehead atoms. The molecule has 4 aliphatic rings. The van der Waals surface area contributed by atoms with Crippen molar-refractivity contribution in [1.29, 1.82) is 0 Å². The normalized spacial score (nSPS) is 34.6. The van der Waals surface area contributed by atoms with Gasteiger partial charge in [-0.15, -0.1) is 6.58 Å². The summed E-state index contributed by atoms with van der Waals surface area (Å²) in [5.74, 6) is 0.368. The van der Waals surface area contributed by atoms with Crippen molar-refractivity contribution < 1.29 is 23.1 Å². The number of carbonyl (C=O) groups excluding carboxylic acids is 1. The molecule has 1 spiro atoms. The zero-order valence-electron chi connectivity index (χ0n) is 27.2. The fourth-order valence-corrected chi connectivity index (χ4v) is 9.81. The molecule has 2 heterocycles. The maximum Gasteiger partial charge on any atom is 0.264 e. The number of hydrogen-bond acceptors (Lipinski definition) is 6. The van der Waals surface area contributed by atoms with Gasteiger partial charge in [-0.05, 0) is 117 Å². The number of aryl methyl sites for hydroxylation is 1. The third-order valence-electron chi connectivity index (χ3n) is 11.4. The average molecular weight is 667 g/mol. The molecule has 2 aliphatic heterocycles. The quantitative estimate of drug-likeness (QED) is 0.349. The number of benzene rings is 2. The summed E-state index contributed by atoms with van der Waals surface area (Å²) in [6.07, 6.45) is 11.2. The Morgan fingerprint density at radius 1 is 1.17 bits per heavy atom. The second-order valence-electron chi connectivity index (χ2n) is 14.4. The van der Waals surface area contributed by atoms with Gasteiger partial charge in [0.15, 0.2) is 0 Å². The summed E-state index contributed by atoms with van der Waals surface area (Å²) >= 11 is 6.44. The van der Waals surface area contributed by atoms with Crippen LogP contribution in [0.4, 0.5) is 5.69 Å². The number of hydrogen-bond donors (Lipinski definition) is 2. The lowest BCUT2D eigenvalue weighted by molar-refractivity contribution is -0.0790. The number of aliphatic hydroxyl groups is 1. The Kier molecular flexibility index (Phi) is 9.11. The molecule has 46 heavy (non-hydrogen) atoms. The zero-order valence-corrected chi connectivity index (χ0v) is 28.7. The van der Waals surface area contributed by atoms with Crippen LogP contribution in [0.3, 0.4) is 0 Å². The van der Waals surface area contributed by atoms with Crippen molar-refractivity contribution in [3.8, 4) is 5.75 Å². The van der Waals surface area contributed by atoms with E-state index in [1.54, 1.807) is 25.1 Å². The van der Waals surface area contributed by atoms with Crippen LogP contribution in [0.5, 0.6) is 5.75 Å². The molecule has 248 valence electrons. The first kappa shape index (κ1) is 33.1. The predicted molar refractivity (Wildman–Crippen MR) is 184 cm³/mol. The van der Waals surface area contributed by atoms with Gasteiger partial charge >= 0.3 is 0 Å². The lowest BCUT2D eigenvalue weighted by atomic mass is 9.57. The number of nitrogens with one attached hydrogen (secondary N) is 1. The van der Waals surface area contributed by atoms with Crippen LogP contribution in [0.1, 0.15) is 80.8 Å². The van der Waals surface area contributed by atoms with E-state index in [1.807, 2.05) is 31.2 Å². The lowest BCUT2D eigenvalue weighted by Gasteiger charge is -2.53. The Morgan fingerprint density at radius 3 is 2.74 bits per heavy atom. The number of anilines is 1. The van der Waals surface area contributed by atoms with Gasteiger partial charge < -0.3 is 14.7 Å². The average Bonchev–Trinajstić information content (AvgIpc) is 3.17. The minimum Gasteiger partial charge on any atom is -0.490 e. The number of ether oxygens (including phenoxy) is 1. The highest BCUT2D eigenvalue weighted by molar-refractivity contribution is 7.90. The number of carbonyl (C=O) groups is 1. The first-order chi connectivity index (χ1) is 21.9. The molecule has 1 amide bonds. The van der Waals surface area contributed by atoms with Gasteiger partial charge in [0.25, 0.3) is 5.91 Å². The standard InChI is InChI=1S/C37H47ClN2O5S/c1-5-6-16-37(42)17-7-9-24(2)26(4)46(43,44)39-35(41)28-11-14-34-33(20-28)40(21-30-25(3)18-32(30)37)22-36(23-45-34)15-8-10-27-19-29(38)12-13-31(27)36/h5,7,11-14,17,19-20,24-26,30,32,42H,1,6,8-10,15-16,18,21-23H2,2-4H3,(H,39,41)/b17-7+/t24-,25+,26+,30+,32+,36-,37+/m0/s1. The van der Waals surface area contributed by atoms with Gasteiger partial charge in [0.2, 0.25) is 10.0 Å². The van der Waals surface area contributed by atoms with Gasteiger partial charge in [-0.2, -0.15) is 0 Å². The number of halogens is 1. The fourth-order valence-electron chi connectivity index (χ4n) is 8.33. The van der Waals surface area contributed by atoms with Gasteiger partial charge in [-0.1, -0.05) is 49.7 Å². The molecule has 0 radical (unpaired) electrons. The van der Waals surface area contributed by atoms with Gasteiger partial charge in [0.1, 0.15) is 5.75 Å². The predicted octanol–water partition coefficient (Wildman–Crippen LogP) is 6.83. The molecule has 9 heteroatoms. The molecule has 0 aromatic heterocycles. The van der Waals surface area contributed by atoms with Crippen LogP contribution in [0.2, 0.25) is 5.02 Å². The van der Waals surface area contributed by atoms with Crippen molar-refractivity contribution in [3.05, 3.63) is 82.9 Å². The molecule has 0 saturated heterocycles. The minimum absolute atomic E-state index is 0.0237. The SMILES string of the molecule is C=CCC[C@@]1(O)/C=C/C[C@H](C)[C@@H](C)S(=O)(=O)NC(=O)c2ccc3c(c2)N(C[C@@H]2[C@H](C)C[C@H]21)C[C@@]1(CCCc2cc(Cl)ccc21)CO3. The third-order valence-corrected chi connectivity index (χ3v) is 13.6. The Hall–Kier alpha value is -2.81. The van der Waals surface area contributed by atoms with Crippen molar-refractivity contribution in [2.45, 2.75) is 82.0 Å². The van der Waals surface area contributed by atoms with E-state index in [2.05, 4.69) is 35.3 Å². The van der Waals surface area contributed by atoms with E-state index in [4.69, 9.17) is 16.3 Å². The van der Waals surface area contributed by atoms with Crippen LogP contribution in [-0.4, -0.2) is 50.0 Å². The number of rotatable bonds is 3. The summed E-state index contributed by atoms with van der Waals surface area (Å²) < 4.78 is 35.7. The molecular formula is C37H47ClN2O5S. The molecule has 7 nitrogen and oxygen atoms in total. The highest BCUT2D eigenvalue weighted by atomic mass is 35.5. The molecule has 2 N–H and O–H groups in total. The number of nitrogens with zero attached hydrogens (tertiary/aromatic N) is 1. The smallest absolute Gasteiger partial charge is 0.264 e. The van der Waals surface area contributed by atoms with Crippen LogP contribution >= 0.6 is 11.6 Å². The van der Waals surface area contributed by atoms with Crippen LogP contribution in [0.15, 0.2) is 61.2 Å². The van der Waals surface area contributed by atoms with Crippen LogP contribution in [0.25, 0.3) is 0 Å². The van der Waals surface area contributed by atoms with Crippen molar-refractivity contribution >= 4 is 33.2 Å². The topological polar surface area (TPSA) is 95.9 Å². The lowest BCUT2D eigenvalue weighted by Crippen LogP contribution is -2.55. The zero-order chi connectivity index (χ0) is 32.9. The van der Waals surface area contributed by atoms with Gasteiger partial charge in [-0.3, -0.25) is 4.79 Å². The number of allylic oxidation sites excluding steroid dienone is 2. The van der Waals surface area contributed by atoms with E-state index >= 15 is 0 Å². The summed E-state index contributed by atoms with van der Waals surface area (Å²) in [5, 5.41) is 12.2. The van der Waals surface area contributed by atoms with Gasteiger partial charge in [-0.25, -0.2) is 13.1 Å². The molecule has 1 saturated carbocycles. The summed E-state index contributed by atoms with van der Waals surface area (Å²) in [4.78, 5) is 15.8. The first-order valence-electron chi connectivity index (χ1n) is 16.7. The second kappa shape index (κ2) is 12.7. The second-order valence-corrected chi connectivity index (χ2v) is 16.9. The van der Waals surface area contributed by atoms with Gasteiger partial charge in [0, 0.05) is 29.1 Å². The monoisotopic (exact) mass is 666 g/mol. The van der Waals surface area contributed by atoms with E-state index < -0.39 is 26.8 Å². The van der Waals surface area contributed by atoms with E-state index in [0.29, 0.717) is 50.6 Å². The molecule has 1 fully saturated rings. The molecule has 2 aromatic rings. The fraction of sp³-hybridized carbons (Fsp3) is 0.541. The maximum absolute atomic E-state index is 13.5. The Morgan fingerprint density at radius 2 is 1.98 bits per heavy atom. The minimum atomic E-state index is -3.96. The van der Waals surface area contributed by atoms with E-state index in [0.717, 1.165) is 36.4 Å². The molecule has 2 aromatic carbocycles. The van der Waals surface area contributed by atoms with Crippen molar-refractivity contribution in [3.63, 3.8) is 0 Å². The highest BCUT2D eigenvalue weighted by Crippen LogP contribution is 2.51. The molecule has 6 rings (SSSR count). The third kappa shape index (κ3) is 6.13. The summed E-state index contributed by atoms with van der Waals surface area (Å²) in [6.45, 7) is 11.5. The number of sulfonamides is 1. The van der Waals surface area contributed by atoms with Crippen molar-refractivity contribution in [1.82, 2.24) is 4.72 Å². The van der Waals surface area contributed by atoms with Crippen molar-refractivity contribution in [2.75, 3.05) is 24.6 Å². The van der Waals surface area contributed by atoms with Crippen molar-refractivity contribution in [2.24, 2.45) is 23.7 Å². The van der Waals surface area contributed by atoms with Crippen LogP contribution < -0.4 is 14.4 Å². The van der Waals surface area contributed by atoms with E-state index in [9.17, 15) is 18.3 Å². The number of fused-ring (bicyclic) bond motifs is 4. The maximum atomic E-state index is 13.5. The summed E-state index contributed by atoms with van der Waals surface area (Å²) in [7, 11) is -3.96.